The van der Waals surface area contributed by atoms with E-state index in [1.807, 2.05) is 24.3 Å². The van der Waals surface area contributed by atoms with Gasteiger partial charge in [-0.05, 0) is 73.6 Å². The van der Waals surface area contributed by atoms with Crippen molar-refractivity contribution < 1.29 is 28.6 Å². The molecule has 0 saturated carbocycles. The van der Waals surface area contributed by atoms with Gasteiger partial charge in [0.15, 0.2) is 6.61 Å². The lowest BCUT2D eigenvalue weighted by Gasteiger charge is -2.30. The van der Waals surface area contributed by atoms with Crippen LogP contribution in [0.4, 0.5) is 0 Å². The van der Waals surface area contributed by atoms with Crippen LogP contribution in [-0.2, 0) is 31.9 Å². The second kappa shape index (κ2) is 9.73. The maximum absolute atomic E-state index is 12.6. The predicted molar refractivity (Wildman–Crippen MR) is 120 cm³/mol. The van der Waals surface area contributed by atoms with Gasteiger partial charge in [-0.3, -0.25) is 9.59 Å². The number of ether oxygens (including phenoxy) is 3. The van der Waals surface area contributed by atoms with Gasteiger partial charge in [-0.15, -0.1) is 11.3 Å². The fourth-order valence-electron chi connectivity index (χ4n) is 4.25. The van der Waals surface area contributed by atoms with Gasteiger partial charge in [0, 0.05) is 18.0 Å². The quantitative estimate of drug-likeness (QED) is 0.618. The number of hydrogen-bond donors (Lipinski definition) is 0. The molecule has 0 bridgehead atoms. The van der Waals surface area contributed by atoms with Gasteiger partial charge in [0.05, 0.1) is 19.6 Å². The van der Waals surface area contributed by atoms with Crippen molar-refractivity contribution in [3.05, 3.63) is 40.3 Å². The lowest BCUT2D eigenvalue weighted by atomic mass is 9.91. The Morgan fingerprint density at radius 2 is 1.81 bits per heavy atom. The third-order valence-corrected chi connectivity index (χ3v) is 7.22. The SMILES string of the molecule is CCOC(=O)C1CCN(C(=O)COC(=O)c2cc3c(s2)-c2ccc(OC)cc2CC3)CC1. The number of thiophene rings is 1. The summed E-state index contributed by atoms with van der Waals surface area (Å²) in [6.07, 6.45) is 2.89. The van der Waals surface area contributed by atoms with Crippen LogP contribution in [0.15, 0.2) is 24.3 Å². The summed E-state index contributed by atoms with van der Waals surface area (Å²) in [5, 5.41) is 0. The number of methoxy groups -OCH3 is 1. The third-order valence-electron chi connectivity index (χ3n) is 6.03. The van der Waals surface area contributed by atoms with E-state index >= 15 is 0 Å². The minimum Gasteiger partial charge on any atom is -0.497 e. The van der Waals surface area contributed by atoms with Gasteiger partial charge in [-0.2, -0.15) is 0 Å². The smallest absolute Gasteiger partial charge is 0.348 e. The van der Waals surface area contributed by atoms with Gasteiger partial charge in [-0.25, -0.2) is 4.79 Å². The molecule has 170 valence electrons. The third kappa shape index (κ3) is 4.65. The summed E-state index contributed by atoms with van der Waals surface area (Å²) in [6, 6.07) is 7.88. The standard InChI is InChI=1S/C24H27NO6S/c1-3-30-23(27)15-8-10-25(11-9-15)21(26)14-31-24(28)20-13-17-5-4-16-12-18(29-2)6-7-19(16)22(17)32-20/h6-7,12-13,15H,3-5,8-11,14H2,1-2H3. The van der Waals surface area contributed by atoms with Gasteiger partial charge in [0.25, 0.3) is 5.91 Å². The Labute approximate surface area is 191 Å². The van der Waals surface area contributed by atoms with Crippen LogP contribution in [0.25, 0.3) is 10.4 Å². The van der Waals surface area contributed by atoms with E-state index < -0.39 is 5.97 Å². The van der Waals surface area contributed by atoms with Crippen LogP contribution < -0.4 is 4.74 Å². The summed E-state index contributed by atoms with van der Waals surface area (Å²) in [7, 11) is 1.65. The first-order valence-corrected chi connectivity index (χ1v) is 11.7. The Kier molecular flexibility index (Phi) is 6.79. The largest absolute Gasteiger partial charge is 0.497 e. The Morgan fingerprint density at radius 1 is 1.06 bits per heavy atom. The van der Waals surface area contributed by atoms with Crippen molar-refractivity contribution in [1.29, 1.82) is 0 Å². The second-order valence-corrected chi connectivity index (χ2v) is 9.02. The molecule has 1 saturated heterocycles. The summed E-state index contributed by atoms with van der Waals surface area (Å²) < 4.78 is 15.7. The maximum atomic E-state index is 12.6. The number of amides is 1. The molecule has 7 nitrogen and oxygen atoms in total. The molecule has 32 heavy (non-hydrogen) atoms. The molecular weight excluding hydrogens is 430 g/mol. The molecule has 4 rings (SSSR count). The number of piperidine rings is 1. The number of rotatable bonds is 6. The number of fused-ring (bicyclic) bond motifs is 3. The number of likely N-dealkylation sites (tertiary alicyclic amines) is 1. The van der Waals surface area contributed by atoms with Gasteiger partial charge in [0.2, 0.25) is 0 Å². The molecule has 1 aromatic heterocycles. The Bertz CT molecular complexity index is 1020. The number of nitrogens with zero attached hydrogens (tertiary/aromatic N) is 1. The van der Waals surface area contributed by atoms with Crippen molar-refractivity contribution in [3.63, 3.8) is 0 Å². The average molecular weight is 458 g/mol. The van der Waals surface area contributed by atoms with E-state index in [2.05, 4.69) is 0 Å². The molecule has 1 aliphatic carbocycles. The molecule has 0 unspecified atom stereocenters. The molecule has 0 radical (unpaired) electrons. The zero-order valence-electron chi connectivity index (χ0n) is 18.3. The average Bonchev–Trinajstić information content (AvgIpc) is 3.27. The van der Waals surface area contributed by atoms with Crippen LogP contribution in [0.1, 0.15) is 40.6 Å². The summed E-state index contributed by atoms with van der Waals surface area (Å²) in [5.74, 6) is -0.253. The second-order valence-electron chi connectivity index (χ2n) is 7.97. The highest BCUT2D eigenvalue weighted by Crippen LogP contribution is 2.41. The van der Waals surface area contributed by atoms with Crippen LogP contribution in [0.3, 0.4) is 0 Å². The number of carbonyl (C=O) groups excluding carboxylic acids is 3. The lowest BCUT2D eigenvalue weighted by molar-refractivity contribution is -0.151. The Hall–Kier alpha value is -2.87. The van der Waals surface area contributed by atoms with Crippen molar-refractivity contribution in [1.82, 2.24) is 4.90 Å². The molecular formula is C24H27NO6S. The van der Waals surface area contributed by atoms with E-state index in [0.717, 1.165) is 34.6 Å². The van der Waals surface area contributed by atoms with Crippen LogP contribution in [0.5, 0.6) is 5.75 Å². The van der Waals surface area contributed by atoms with Gasteiger partial charge in [0.1, 0.15) is 10.6 Å². The fourth-order valence-corrected chi connectivity index (χ4v) is 5.42. The van der Waals surface area contributed by atoms with E-state index in [0.29, 0.717) is 37.4 Å². The number of benzene rings is 1. The van der Waals surface area contributed by atoms with E-state index in [9.17, 15) is 14.4 Å². The first kappa shape index (κ1) is 22.3. The van der Waals surface area contributed by atoms with Crippen molar-refractivity contribution >= 4 is 29.2 Å². The Balaban J connectivity index is 1.33. The number of carbonyl (C=O) groups is 3. The van der Waals surface area contributed by atoms with Crippen molar-refractivity contribution in [3.8, 4) is 16.2 Å². The minimum absolute atomic E-state index is 0.165. The minimum atomic E-state index is -0.478. The highest BCUT2D eigenvalue weighted by Gasteiger charge is 2.29. The van der Waals surface area contributed by atoms with Crippen molar-refractivity contribution in [2.45, 2.75) is 32.6 Å². The lowest BCUT2D eigenvalue weighted by Crippen LogP contribution is -2.42. The highest BCUT2D eigenvalue weighted by atomic mass is 32.1. The van der Waals surface area contributed by atoms with Crippen LogP contribution in [0, 0.1) is 5.92 Å². The predicted octanol–water partition coefficient (Wildman–Crippen LogP) is 3.48. The molecule has 8 heteroatoms. The summed E-state index contributed by atoms with van der Waals surface area (Å²) in [5.41, 5.74) is 3.46. The zero-order valence-corrected chi connectivity index (χ0v) is 19.2. The Morgan fingerprint density at radius 3 is 2.53 bits per heavy atom. The molecule has 2 heterocycles. The van der Waals surface area contributed by atoms with Crippen molar-refractivity contribution in [2.24, 2.45) is 5.92 Å². The molecule has 1 fully saturated rings. The molecule has 2 aromatic rings. The number of hydrogen-bond acceptors (Lipinski definition) is 7. The van der Waals surface area contributed by atoms with E-state index in [-0.39, 0.29) is 24.4 Å². The van der Waals surface area contributed by atoms with Crippen LogP contribution >= 0.6 is 11.3 Å². The molecule has 1 aliphatic heterocycles. The van der Waals surface area contributed by atoms with E-state index in [1.54, 1.807) is 18.9 Å². The number of aryl methyl sites for hydroxylation is 2. The summed E-state index contributed by atoms with van der Waals surface area (Å²) in [6.45, 7) is 2.78. The fraction of sp³-hybridized carbons (Fsp3) is 0.458. The van der Waals surface area contributed by atoms with E-state index in [4.69, 9.17) is 14.2 Å². The monoisotopic (exact) mass is 457 g/mol. The molecule has 0 N–H and O–H groups in total. The van der Waals surface area contributed by atoms with Gasteiger partial charge < -0.3 is 19.1 Å². The molecule has 0 atom stereocenters. The number of esters is 2. The van der Waals surface area contributed by atoms with Gasteiger partial charge >= 0.3 is 11.9 Å². The summed E-state index contributed by atoms with van der Waals surface area (Å²) in [4.78, 5) is 40.2. The van der Waals surface area contributed by atoms with Crippen LogP contribution in [-0.4, -0.2) is 56.2 Å². The van der Waals surface area contributed by atoms with Crippen LogP contribution in [0.2, 0.25) is 0 Å². The first-order chi connectivity index (χ1) is 15.5. The molecule has 0 spiro atoms. The zero-order chi connectivity index (χ0) is 22.7. The topological polar surface area (TPSA) is 82.1 Å². The van der Waals surface area contributed by atoms with Crippen molar-refractivity contribution in [2.75, 3.05) is 33.4 Å². The highest BCUT2D eigenvalue weighted by molar-refractivity contribution is 7.17. The molecule has 1 aromatic carbocycles. The first-order valence-electron chi connectivity index (χ1n) is 10.9. The molecule has 2 aliphatic rings. The summed E-state index contributed by atoms with van der Waals surface area (Å²) >= 11 is 1.40. The van der Waals surface area contributed by atoms with Gasteiger partial charge in [-0.1, -0.05) is 0 Å². The van der Waals surface area contributed by atoms with E-state index in [1.165, 1.54) is 16.9 Å². The maximum Gasteiger partial charge on any atom is 0.348 e. The normalized spacial score (nSPS) is 15.5. The molecule has 1 amide bonds.